The Morgan fingerprint density at radius 3 is 2.50 bits per heavy atom. The van der Waals surface area contributed by atoms with E-state index in [1.807, 2.05) is 19.1 Å². The van der Waals surface area contributed by atoms with Crippen LogP contribution in [-0.2, 0) is 6.42 Å². The van der Waals surface area contributed by atoms with Crippen molar-refractivity contribution in [3.63, 3.8) is 0 Å². The van der Waals surface area contributed by atoms with Crippen LogP contribution in [0.25, 0.3) is 21.7 Å². The number of amidine groups is 1. The van der Waals surface area contributed by atoms with Gasteiger partial charge in [0, 0.05) is 21.7 Å². The van der Waals surface area contributed by atoms with Gasteiger partial charge in [-0.1, -0.05) is 18.5 Å². The molecule has 12 heteroatoms. The van der Waals surface area contributed by atoms with Crippen LogP contribution in [0, 0.1) is 0 Å². The summed E-state index contributed by atoms with van der Waals surface area (Å²) in [5.74, 6) is 11.3. The van der Waals surface area contributed by atoms with Crippen molar-refractivity contribution in [2.75, 3.05) is 6.61 Å². The van der Waals surface area contributed by atoms with E-state index in [9.17, 15) is 18.0 Å². The number of alkyl halides is 3. The number of ether oxygens (including phenoxy) is 1. The molecule has 0 aliphatic heterocycles. The van der Waals surface area contributed by atoms with E-state index in [4.69, 9.17) is 28.0 Å². The van der Waals surface area contributed by atoms with Gasteiger partial charge in [0.15, 0.2) is 5.84 Å². The maximum atomic E-state index is 13.1. The third kappa shape index (κ3) is 5.91. The van der Waals surface area contributed by atoms with Gasteiger partial charge in [0.1, 0.15) is 5.75 Å². The van der Waals surface area contributed by atoms with Gasteiger partial charge in [0.05, 0.1) is 22.9 Å². The largest absolute Gasteiger partial charge is 0.494 e. The number of hydrazone groups is 1. The summed E-state index contributed by atoms with van der Waals surface area (Å²) in [7, 11) is 0. The molecule has 0 aliphatic rings. The molecule has 0 amide bonds. The van der Waals surface area contributed by atoms with Crippen LogP contribution >= 0.6 is 22.9 Å². The average Bonchev–Trinajstić information content (AvgIpc) is 3.28. The number of aromatic nitrogens is 1. The molecule has 2 heterocycles. The topological polar surface area (TPSA) is 119 Å². The molecule has 3 rings (SSSR count). The van der Waals surface area contributed by atoms with Crippen LogP contribution in [0.5, 0.6) is 5.75 Å². The highest BCUT2D eigenvalue weighted by Gasteiger charge is 2.26. The molecule has 3 aromatic rings. The van der Waals surface area contributed by atoms with Crippen LogP contribution in [0.4, 0.5) is 13.2 Å². The number of hydrogen-bond donors (Lipinski definition) is 4. The number of aromatic amines is 1. The van der Waals surface area contributed by atoms with E-state index in [1.165, 1.54) is 11.3 Å². The Morgan fingerprint density at radius 1 is 1.24 bits per heavy atom. The lowest BCUT2D eigenvalue weighted by Gasteiger charge is -2.15. The van der Waals surface area contributed by atoms with Crippen molar-refractivity contribution in [2.45, 2.75) is 32.4 Å². The average molecular weight is 514 g/mol. The Labute approximate surface area is 202 Å². The molecule has 182 valence electrons. The fourth-order valence-corrected chi connectivity index (χ4v) is 4.71. The molecule has 34 heavy (non-hydrogen) atoms. The van der Waals surface area contributed by atoms with Gasteiger partial charge in [-0.3, -0.25) is 4.79 Å². The van der Waals surface area contributed by atoms with Crippen molar-refractivity contribution >= 4 is 28.8 Å². The first-order valence-electron chi connectivity index (χ1n) is 10.3. The Kier molecular flexibility index (Phi) is 8.24. The smallest absolute Gasteiger partial charge is 0.389 e. The lowest BCUT2D eigenvalue weighted by molar-refractivity contribution is -0.136. The standard InChI is InChI=1S/C22H23ClF3N5O2S/c1-2-14-8-9-15(34-14)16-17(20(30-27)31-28)21(32)29-19(18(16)23)12-4-6-13(7-5-12)33-11-3-10-22(24,25)26/h4-9H,2-3,10-11,27-28H2,1H3,(H,29,32)(H,30,31). The van der Waals surface area contributed by atoms with Crippen LogP contribution in [-0.4, -0.2) is 23.6 Å². The van der Waals surface area contributed by atoms with E-state index >= 15 is 0 Å². The molecule has 0 fully saturated rings. The molecule has 0 spiro atoms. The van der Waals surface area contributed by atoms with Crippen molar-refractivity contribution in [3.05, 3.63) is 62.2 Å². The SMILES string of the molecule is CCc1ccc(-c2c(Cl)c(-c3ccc(OCCCC(F)(F)F)cc3)[nH]c(=O)c2/C(=N/N)NN)s1. The number of thiophene rings is 1. The number of hydrazine groups is 1. The number of H-pyrrole nitrogens is 1. The quantitative estimate of drug-likeness (QED) is 0.113. The Morgan fingerprint density at radius 2 is 1.94 bits per heavy atom. The van der Waals surface area contributed by atoms with Gasteiger partial charge in [-0.2, -0.15) is 18.3 Å². The van der Waals surface area contributed by atoms with Crippen molar-refractivity contribution in [2.24, 2.45) is 16.8 Å². The van der Waals surface area contributed by atoms with E-state index in [-0.39, 0.29) is 29.4 Å². The predicted molar refractivity (Wildman–Crippen MR) is 129 cm³/mol. The minimum Gasteiger partial charge on any atom is -0.494 e. The van der Waals surface area contributed by atoms with Crippen molar-refractivity contribution in [1.29, 1.82) is 0 Å². The summed E-state index contributed by atoms with van der Waals surface area (Å²) in [6.45, 7) is 1.95. The number of pyridine rings is 1. The Bertz CT molecular complexity index is 1220. The van der Waals surface area contributed by atoms with Crippen LogP contribution in [0.15, 0.2) is 46.3 Å². The first-order valence-corrected chi connectivity index (χ1v) is 11.5. The van der Waals surface area contributed by atoms with Crippen LogP contribution < -0.4 is 27.4 Å². The first kappa shape index (κ1) is 25.6. The summed E-state index contributed by atoms with van der Waals surface area (Å²) in [4.78, 5) is 17.6. The zero-order valence-corrected chi connectivity index (χ0v) is 19.7. The Balaban J connectivity index is 1.99. The molecule has 0 saturated heterocycles. The summed E-state index contributed by atoms with van der Waals surface area (Å²) in [6.07, 6.45) is -4.46. The molecule has 0 unspecified atom stereocenters. The summed E-state index contributed by atoms with van der Waals surface area (Å²) < 4.78 is 42.2. The summed E-state index contributed by atoms with van der Waals surface area (Å²) in [5.41, 5.74) is 3.30. The summed E-state index contributed by atoms with van der Waals surface area (Å²) in [6, 6.07) is 10.3. The second kappa shape index (κ2) is 10.9. The van der Waals surface area contributed by atoms with E-state index in [0.29, 0.717) is 22.6 Å². The third-order valence-corrected chi connectivity index (χ3v) is 6.56. The van der Waals surface area contributed by atoms with Crippen molar-refractivity contribution in [3.8, 4) is 27.4 Å². The lowest BCUT2D eigenvalue weighted by Crippen LogP contribution is -2.37. The predicted octanol–water partition coefficient (Wildman–Crippen LogP) is 4.79. The monoisotopic (exact) mass is 513 g/mol. The van der Waals surface area contributed by atoms with E-state index < -0.39 is 18.2 Å². The molecule has 0 atom stereocenters. The van der Waals surface area contributed by atoms with Gasteiger partial charge in [0.25, 0.3) is 5.56 Å². The molecule has 2 aromatic heterocycles. The van der Waals surface area contributed by atoms with E-state index in [2.05, 4.69) is 15.5 Å². The highest BCUT2D eigenvalue weighted by molar-refractivity contribution is 7.15. The molecule has 0 radical (unpaired) electrons. The van der Waals surface area contributed by atoms with Gasteiger partial charge in [0.2, 0.25) is 0 Å². The zero-order valence-electron chi connectivity index (χ0n) is 18.1. The molecule has 0 saturated carbocycles. The fraction of sp³-hybridized carbons (Fsp3) is 0.273. The number of nitrogens with zero attached hydrogens (tertiary/aromatic N) is 1. The highest BCUT2D eigenvalue weighted by Crippen LogP contribution is 2.39. The number of rotatable bonds is 8. The minimum absolute atomic E-state index is 0.0289. The normalized spacial score (nSPS) is 12.1. The van der Waals surface area contributed by atoms with Gasteiger partial charge in [-0.25, -0.2) is 5.84 Å². The maximum Gasteiger partial charge on any atom is 0.389 e. The zero-order chi connectivity index (χ0) is 24.9. The fourth-order valence-electron chi connectivity index (χ4n) is 3.29. The molecule has 7 nitrogen and oxygen atoms in total. The summed E-state index contributed by atoms with van der Waals surface area (Å²) in [5, 5.41) is 3.83. The molecule has 0 bridgehead atoms. The van der Waals surface area contributed by atoms with Crippen LogP contribution in [0.2, 0.25) is 5.02 Å². The molecule has 6 N–H and O–H groups in total. The third-order valence-electron chi connectivity index (χ3n) is 4.93. The molecular weight excluding hydrogens is 491 g/mol. The van der Waals surface area contributed by atoms with E-state index in [1.54, 1.807) is 24.3 Å². The van der Waals surface area contributed by atoms with Gasteiger partial charge in [-0.15, -0.1) is 11.3 Å². The Hall–Kier alpha value is -3.02. The number of halogens is 4. The first-order chi connectivity index (χ1) is 16.2. The van der Waals surface area contributed by atoms with Crippen LogP contribution in [0.1, 0.15) is 30.2 Å². The molecular formula is C22H23ClF3N5O2S. The molecule has 0 aliphatic carbocycles. The van der Waals surface area contributed by atoms with E-state index in [0.717, 1.165) is 16.2 Å². The van der Waals surface area contributed by atoms with Crippen molar-refractivity contribution < 1.29 is 17.9 Å². The second-order valence-electron chi connectivity index (χ2n) is 7.23. The number of nitrogens with one attached hydrogen (secondary N) is 2. The molecule has 1 aromatic carbocycles. The maximum absolute atomic E-state index is 13.1. The number of aryl methyl sites for hydroxylation is 1. The van der Waals surface area contributed by atoms with Gasteiger partial charge < -0.3 is 21.0 Å². The van der Waals surface area contributed by atoms with Gasteiger partial charge >= 0.3 is 6.18 Å². The number of nitrogens with two attached hydrogens (primary N) is 2. The minimum atomic E-state index is -4.21. The number of hydrogen-bond acceptors (Lipinski definition) is 6. The summed E-state index contributed by atoms with van der Waals surface area (Å²) >= 11 is 8.26. The van der Waals surface area contributed by atoms with Crippen molar-refractivity contribution in [1.82, 2.24) is 10.4 Å². The second-order valence-corrected chi connectivity index (χ2v) is 8.77. The highest BCUT2D eigenvalue weighted by atomic mass is 35.5. The van der Waals surface area contributed by atoms with Gasteiger partial charge in [-0.05, 0) is 54.8 Å². The number of benzene rings is 1. The lowest BCUT2D eigenvalue weighted by atomic mass is 10.0. The van der Waals surface area contributed by atoms with Crippen LogP contribution in [0.3, 0.4) is 0 Å².